The number of esters is 1. The van der Waals surface area contributed by atoms with Crippen LogP contribution in [-0.2, 0) is 19.1 Å². The Morgan fingerprint density at radius 2 is 2.11 bits per heavy atom. The number of benzene rings is 1. The third-order valence-electron chi connectivity index (χ3n) is 4.86. The van der Waals surface area contributed by atoms with Crippen LogP contribution in [0.15, 0.2) is 46.8 Å². The summed E-state index contributed by atoms with van der Waals surface area (Å²) in [4.78, 5) is 25.6. The van der Waals surface area contributed by atoms with Gasteiger partial charge in [0, 0.05) is 35.9 Å². The number of rotatable bonds is 6. The minimum absolute atomic E-state index is 0.0317. The van der Waals surface area contributed by atoms with E-state index in [-0.39, 0.29) is 18.1 Å². The van der Waals surface area contributed by atoms with E-state index in [9.17, 15) is 14.7 Å². The van der Waals surface area contributed by atoms with Crippen LogP contribution in [0.3, 0.4) is 0 Å². The van der Waals surface area contributed by atoms with Gasteiger partial charge in [-0.3, -0.25) is 4.79 Å². The maximum atomic E-state index is 12.8. The van der Waals surface area contributed by atoms with Crippen molar-refractivity contribution in [1.82, 2.24) is 5.32 Å². The van der Waals surface area contributed by atoms with Crippen LogP contribution >= 0.6 is 0 Å². The molecule has 6 heteroatoms. The first-order valence-corrected chi connectivity index (χ1v) is 9.30. The van der Waals surface area contributed by atoms with Crippen molar-refractivity contribution >= 4 is 11.8 Å². The normalized spacial score (nSPS) is 19.6. The number of allylic oxidation sites excluding steroid dienone is 3. The molecule has 0 saturated heterocycles. The van der Waals surface area contributed by atoms with Crippen LogP contribution in [0, 0.1) is 0 Å². The number of aromatic hydroxyl groups is 1. The van der Waals surface area contributed by atoms with Crippen molar-refractivity contribution in [3.05, 3.63) is 52.4 Å². The zero-order valence-corrected chi connectivity index (χ0v) is 15.7. The van der Waals surface area contributed by atoms with Crippen molar-refractivity contribution in [2.75, 3.05) is 19.8 Å². The molecule has 27 heavy (non-hydrogen) atoms. The van der Waals surface area contributed by atoms with E-state index in [0.717, 1.165) is 18.5 Å². The summed E-state index contributed by atoms with van der Waals surface area (Å²) in [5.41, 5.74) is 3.26. The first-order valence-electron chi connectivity index (χ1n) is 9.30. The van der Waals surface area contributed by atoms with Crippen molar-refractivity contribution < 1.29 is 24.2 Å². The highest BCUT2D eigenvalue weighted by Crippen LogP contribution is 2.43. The van der Waals surface area contributed by atoms with Gasteiger partial charge in [-0.1, -0.05) is 12.1 Å². The SMILES string of the molecule is CCOCCOC(=O)C1=C(C)NC2=C(C(=O)CCC2)[C@H]1c1cccc(O)c1. The first kappa shape index (κ1) is 19.2. The van der Waals surface area contributed by atoms with Gasteiger partial charge in [-0.25, -0.2) is 4.79 Å². The number of phenols is 1. The lowest BCUT2D eigenvalue weighted by molar-refractivity contribution is -0.140. The van der Waals surface area contributed by atoms with Crippen LogP contribution in [0.2, 0.25) is 0 Å². The van der Waals surface area contributed by atoms with Gasteiger partial charge >= 0.3 is 5.97 Å². The van der Waals surface area contributed by atoms with E-state index in [2.05, 4.69) is 5.32 Å². The molecule has 1 atom stereocenters. The number of carbonyl (C=O) groups excluding carboxylic acids is 2. The number of Topliss-reactive ketones (excluding diaryl/α,β-unsaturated/α-hetero) is 1. The molecule has 0 unspecified atom stereocenters. The molecule has 1 heterocycles. The fraction of sp³-hybridized carbons (Fsp3) is 0.429. The Morgan fingerprint density at radius 3 is 2.85 bits per heavy atom. The summed E-state index contributed by atoms with van der Waals surface area (Å²) in [6.07, 6.45) is 2.01. The fourth-order valence-electron chi connectivity index (χ4n) is 3.71. The number of ether oxygens (including phenoxy) is 2. The summed E-state index contributed by atoms with van der Waals surface area (Å²) in [5, 5.41) is 13.2. The number of hydrogen-bond acceptors (Lipinski definition) is 6. The lowest BCUT2D eigenvalue weighted by Crippen LogP contribution is -2.34. The maximum Gasteiger partial charge on any atom is 0.336 e. The molecular weight excluding hydrogens is 346 g/mol. The van der Waals surface area contributed by atoms with Gasteiger partial charge in [0.25, 0.3) is 0 Å². The van der Waals surface area contributed by atoms with Gasteiger partial charge in [0.15, 0.2) is 5.78 Å². The van der Waals surface area contributed by atoms with Crippen LogP contribution in [0.1, 0.15) is 44.6 Å². The predicted molar refractivity (Wildman–Crippen MR) is 100 cm³/mol. The van der Waals surface area contributed by atoms with Crippen LogP contribution in [-0.4, -0.2) is 36.7 Å². The Kier molecular flexibility index (Phi) is 5.96. The second-order valence-electron chi connectivity index (χ2n) is 6.69. The monoisotopic (exact) mass is 371 g/mol. The second kappa shape index (κ2) is 8.39. The Morgan fingerprint density at radius 1 is 1.30 bits per heavy atom. The second-order valence-corrected chi connectivity index (χ2v) is 6.69. The van der Waals surface area contributed by atoms with E-state index in [1.54, 1.807) is 18.2 Å². The zero-order valence-electron chi connectivity index (χ0n) is 15.7. The van der Waals surface area contributed by atoms with E-state index < -0.39 is 11.9 Å². The van der Waals surface area contributed by atoms with E-state index in [4.69, 9.17) is 9.47 Å². The summed E-state index contributed by atoms with van der Waals surface area (Å²) in [6, 6.07) is 6.71. The minimum atomic E-state index is -0.541. The van der Waals surface area contributed by atoms with E-state index in [1.807, 2.05) is 19.9 Å². The van der Waals surface area contributed by atoms with Crippen LogP contribution < -0.4 is 5.32 Å². The van der Waals surface area contributed by atoms with Gasteiger partial charge in [0.05, 0.1) is 12.2 Å². The Bertz CT molecular complexity index is 809. The molecule has 3 rings (SSSR count). The molecular formula is C21H25NO5. The molecule has 0 saturated carbocycles. The van der Waals surface area contributed by atoms with E-state index in [0.29, 0.717) is 42.0 Å². The number of dihydropyridines is 1. The first-order chi connectivity index (χ1) is 13.0. The molecule has 0 aromatic heterocycles. The fourth-order valence-corrected chi connectivity index (χ4v) is 3.71. The molecule has 1 aromatic rings. The molecule has 6 nitrogen and oxygen atoms in total. The summed E-state index contributed by atoms with van der Waals surface area (Å²) >= 11 is 0. The van der Waals surface area contributed by atoms with Crippen molar-refractivity contribution in [1.29, 1.82) is 0 Å². The molecule has 1 aromatic carbocycles. The van der Waals surface area contributed by atoms with Crippen LogP contribution in [0.25, 0.3) is 0 Å². The van der Waals surface area contributed by atoms with Crippen LogP contribution in [0.4, 0.5) is 0 Å². The van der Waals surface area contributed by atoms with Crippen molar-refractivity contribution in [2.24, 2.45) is 0 Å². The number of nitrogens with one attached hydrogen (secondary N) is 1. The summed E-state index contributed by atoms with van der Waals surface area (Å²) in [7, 11) is 0. The number of ketones is 1. The van der Waals surface area contributed by atoms with Gasteiger partial charge in [-0.05, 0) is 44.4 Å². The van der Waals surface area contributed by atoms with Gasteiger partial charge in [-0.15, -0.1) is 0 Å². The number of hydrogen-bond donors (Lipinski definition) is 2. The van der Waals surface area contributed by atoms with Crippen molar-refractivity contribution in [3.63, 3.8) is 0 Å². The zero-order chi connectivity index (χ0) is 19.4. The quantitative estimate of drug-likeness (QED) is 0.591. The summed E-state index contributed by atoms with van der Waals surface area (Å²) in [6.45, 7) is 4.72. The summed E-state index contributed by atoms with van der Waals surface area (Å²) in [5.74, 6) is -0.888. The Balaban J connectivity index is 1.99. The topological polar surface area (TPSA) is 84.9 Å². The lowest BCUT2D eigenvalue weighted by Gasteiger charge is -2.34. The average molecular weight is 371 g/mol. The largest absolute Gasteiger partial charge is 0.508 e. The highest BCUT2D eigenvalue weighted by atomic mass is 16.6. The standard InChI is InChI=1S/C21H25NO5/c1-3-26-10-11-27-21(25)18-13(2)22-16-8-5-9-17(24)20(16)19(18)14-6-4-7-15(23)12-14/h4,6-7,12,19,22-23H,3,5,8-11H2,1-2H3/t19-/m0/s1. The predicted octanol–water partition coefficient (Wildman–Crippen LogP) is 2.94. The maximum absolute atomic E-state index is 12.8. The van der Waals surface area contributed by atoms with E-state index >= 15 is 0 Å². The van der Waals surface area contributed by atoms with E-state index in [1.165, 1.54) is 0 Å². The molecule has 0 fully saturated rings. The number of carbonyl (C=O) groups is 2. The van der Waals surface area contributed by atoms with Gasteiger partial charge < -0.3 is 19.9 Å². The molecule has 0 bridgehead atoms. The minimum Gasteiger partial charge on any atom is -0.508 e. The van der Waals surface area contributed by atoms with Crippen molar-refractivity contribution in [3.8, 4) is 5.75 Å². The van der Waals surface area contributed by atoms with Gasteiger partial charge in [-0.2, -0.15) is 0 Å². The molecule has 2 N–H and O–H groups in total. The highest BCUT2D eigenvalue weighted by molar-refractivity contribution is 6.03. The van der Waals surface area contributed by atoms with Gasteiger partial charge in [0.1, 0.15) is 12.4 Å². The molecule has 0 spiro atoms. The third kappa shape index (κ3) is 4.06. The lowest BCUT2D eigenvalue weighted by atomic mass is 9.75. The van der Waals surface area contributed by atoms with Crippen LogP contribution in [0.5, 0.6) is 5.75 Å². The average Bonchev–Trinajstić information content (AvgIpc) is 2.64. The molecule has 0 amide bonds. The molecule has 1 aliphatic carbocycles. The third-order valence-corrected chi connectivity index (χ3v) is 4.86. The highest BCUT2D eigenvalue weighted by Gasteiger charge is 2.39. The smallest absolute Gasteiger partial charge is 0.336 e. The summed E-state index contributed by atoms with van der Waals surface area (Å²) < 4.78 is 10.6. The Labute approximate surface area is 158 Å². The molecule has 144 valence electrons. The van der Waals surface area contributed by atoms with Gasteiger partial charge in [0.2, 0.25) is 0 Å². The Hall–Kier alpha value is -2.60. The molecule has 2 aliphatic rings. The number of phenolic OH excluding ortho intramolecular Hbond substituents is 1. The van der Waals surface area contributed by atoms with Crippen molar-refractivity contribution in [2.45, 2.75) is 39.0 Å². The molecule has 0 radical (unpaired) electrons. The molecule has 1 aliphatic heterocycles.